The number of carboxylic acid groups (broad SMARTS) is 1. The van der Waals surface area contributed by atoms with Gasteiger partial charge in [0.25, 0.3) is 0 Å². The van der Waals surface area contributed by atoms with Crippen molar-refractivity contribution >= 4 is 5.97 Å². The highest BCUT2D eigenvalue weighted by atomic mass is 19.1. The Hall–Kier alpha value is -1.65. The Bertz CT molecular complexity index is 419. The van der Waals surface area contributed by atoms with Gasteiger partial charge < -0.3 is 9.84 Å². The molecule has 1 N–H and O–H groups in total. The predicted molar refractivity (Wildman–Crippen MR) is 55.8 cm³/mol. The van der Waals surface area contributed by atoms with Gasteiger partial charge in [0.1, 0.15) is 17.4 Å². The van der Waals surface area contributed by atoms with Crippen LogP contribution in [-0.4, -0.2) is 16.7 Å². The van der Waals surface area contributed by atoms with E-state index in [0.29, 0.717) is 12.8 Å². The van der Waals surface area contributed by atoms with Crippen molar-refractivity contribution in [1.29, 1.82) is 0 Å². The van der Waals surface area contributed by atoms with Crippen LogP contribution in [0.15, 0.2) is 18.2 Å². The van der Waals surface area contributed by atoms with Crippen molar-refractivity contribution in [1.82, 2.24) is 0 Å². The summed E-state index contributed by atoms with van der Waals surface area (Å²) in [6.07, 6.45) is 2.20. The van der Waals surface area contributed by atoms with Crippen molar-refractivity contribution < 1.29 is 23.4 Å². The van der Waals surface area contributed by atoms with Gasteiger partial charge in [-0.15, -0.1) is 0 Å². The first-order chi connectivity index (χ1) is 8.02. The Labute approximate surface area is 97.0 Å². The highest BCUT2D eigenvalue weighted by Gasteiger charge is 2.43. The van der Waals surface area contributed by atoms with E-state index in [0.717, 1.165) is 31.0 Å². The molecule has 0 aliphatic heterocycles. The normalized spacial score (nSPS) is 18.0. The lowest BCUT2D eigenvalue weighted by Gasteiger charge is -2.25. The monoisotopic (exact) mass is 242 g/mol. The highest BCUT2D eigenvalue weighted by Crippen LogP contribution is 2.35. The van der Waals surface area contributed by atoms with Gasteiger partial charge in [0, 0.05) is 18.2 Å². The van der Waals surface area contributed by atoms with Gasteiger partial charge >= 0.3 is 5.97 Å². The van der Waals surface area contributed by atoms with E-state index >= 15 is 0 Å². The van der Waals surface area contributed by atoms with E-state index in [1.807, 2.05) is 0 Å². The summed E-state index contributed by atoms with van der Waals surface area (Å²) >= 11 is 0. The van der Waals surface area contributed by atoms with Gasteiger partial charge in [-0.3, -0.25) is 0 Å². The molecule has 0 saturated heterocycles. The van der Waals surface area contributed by atoms with Gasteiger partial charge in [-0.1, -0.05) is 0 Å². The number of benzene rings is 1. The fourth-order valence-corrected chi connectivity index (χ4v) is 2.12. The van der Waals surface area contributed by atoms with Crippen molar-refractivity contribution in [2.75, 3.05) is 0 Å². The number of hydrogen-bond donors (Lipinski definition) is 1. The topological polar surface area (TPSA) is 46.5 Å². The van der Waals surface area contributed by atoms with Crippen LogP contribution in [0.2, 0.25) is 0 Å². The zero-order chi connectivity index (χ0) is 12.5. The molecule has 0 spiro atoms. The molecule has 0 aromatic heterocycles. The third-order valence-electron chi connectivity index (χ3n) is 2.95. The molecule has 2 rings (SSSR count). The number of halogens is 2. The molecule has 3 nitrogen and oxygen atoms in total. The van der Waals surface area contributed by atoms with E-state index in [1.165, 1.54) is 0 Å². The van der Waals surface area contributed by atoms with Crippen LogP contribution < -0.4 is 4.74 Å². The number of carbonyl (C=O) groups is 1. The van der Waals surface area contributed by atoms with Gasteiger partial charge in [-0.25, -0.2) is 13.6 Å². The molecular weight excluding hydrogens is 230 g/mol. The zero-order valence-electron chi connectivity index (χ0n) is 9.08. The fraction of sp³-hybridized carbons (Fsp3) is 0.417. The van der Waals surface area contributed by atoms with Crippen LogP contribution in [0.5, 0.6) is 5.75 Å². The third kappa shape index (κ3) is 2.38. The van der Waals surface area contributed by atoms with E-state index in [4.69, 9.17) is 9.84 Å². The lowest BCUT2D eigenvalue weighted by molar-refractivity contribution is -0.154. The molecule has 0 atom stereocenters. The lowest BCUT2D eigenvalue weighted by Crippen LogP contribution is -2.41. The molecule has 92 valence electrons. The average Bonchev–Trinajstić information content (AvgIpc) is 2.65. The van der Waals surface area contributed by atoms with Crippen molar-refractivity contribution in [2.45, 2.75) is 31.3 Å². The molecule has 1 fully saturated rings. The Kier molecular flexibility index (Phi) is 3.00. The predicted octanol–water partition coefficient (Wildman–Crippen LogP) is 2.74. The molecule has 1 aliphatic carbocycles. The van der Waals surface area contributed by atoms with Crippen molar-refractivity contribution in [2.24, 2.45) is 0 Å². The maximum absolute atomic E-state index is 13.0. The molecular formula is C12H12F2O3. The van der Waals surface area contributed by atoms with Gasteiger partial charge in [0.2, 0.25) is 5.60 Å². The minimum Gasteiger partial charge on any atom is -0.478 e. The summed E-state index contributed by atoms with van der Waals surface area (Å²) in [6.45, 7) is 0. The molecule has 5 heteroatoms. The first-order valence-electron chi connectivity index (χ1n) is 5.40. The van der Waals surface area contributed by atoms with E-state index in [2.05, 4.69) is 0 Å². The second-order valence-corrected chi connectivity index (χ2v) is 4.21. The summed E-state index contributed by atoms with van der Waals surface area (Å²) in [7, 11) is 0. The molecule has 0 amide bonds. The summed E-state index contributed by atoms with van der Waals surface area (Å²) in [5.74, 6) is -2.72. The lowest BCUT2D eigenvalue weighted by atomic mass is 10.0. The second-order valence-electron chi connectivity index (χ2n) is 4.21. The summed E-state index contributed by atoms with van der Waals surface area (Å²) in [5.41, 5.74) is -1.33. The smallest absolute Gasteiger partial charge is 0.348 e. The number of aliphatic carboxylic acids is 1. The molecule has 0 unspecified atom stereocenters. The summed E-state index contributed by atoms with van der Waals surface area (Å²) < 4.78 is 31.2. The Morgan fingerprint density at radius 1 is 1.18 bits per heavy atom. The van der Waals surface area contributed by atoms with Crippen LogP contribution in [-0.2, 0) is 4.79 Å². The van der Waals surface area contributed by atoms with Crippen LogP contribution in [0.4, 0.5) is 8.78 Å². The molecule has 1 aromatic carbocycles. The van der Waals surface area contributed by atoms with Crippen LogP contribution in [0.3, 0.4) is 0 Å². The maximum Gasteiger partial charge on any atom is 0.348 e. The first kappa shape index (κ1) is 11.8. The minimum absolute atomic E-state index is 0.0770. The Balaban J connectivity index is 2.26. The highest BCUT2D eigenvalue weighted by molar-refractivity contribution is 5.78. The average molecular weight is 242 g/mol. The largest absolute Gasteiger partial charge is 0.478 e. The molecule has 0 heterocycles. The fourth-order valence-electron chi connectivity index (χ4n) is 2.12. The zero-order valence-corrected chi connectivity index (χ0v) is 9.08. The van der Waals surface area contributed by atoms with E-state index in [9.17, 15) is 13.6 Å². The molecule has 1 saturated carbocycles. The van der Waals surface area contributed by atoms with Gasteiger partial charge in [0.15, 0.2) is 0 Å². The van der Waals surface area contributed by atoms with Gasteiger partial charge in [0.05, 0.1) is 0 Å². The van der Waals surface area contributed by atoms with Crippen molar-refractivity contribution in [3.8, 4) is 5.75 Å². The number of ether oxygens (including phenoxy) is 1. The molecule has 17 heavy (non-hydrogen) atoms. The van der Waals surface area contributed by atoms with E-state index < -0.39 is 23.2 Å². The number of hydrogen-bond acceptors (Lipinski definition) is 2. The first-order valence-corrected chi connectivity index (χ1v) is 5.40. The van der Waals surface area contributed by atoms with Crippen LogP contribution in [0.1, 0.15) is 25.7 Å². The van der Waals surface area contributed by atoms with Crippen LogP contribution in [0, 0.1) is 11.6 Å². The molecule has 1 aromatic rings. The molecule has 1 aliphatic rings. The molecule has 0 radical (unpaired) electrons. The minimum atomic E-state index is -1.33. The summed E-state index contributed by atoms with van der Waals surface area (Å²) in [6, 6.07) is 2.70. The van der Waals surface area contributed by atoms with Crippen molar-refractivity contribution in [3.63, 3.8) is 0 Å². The molecule has 0 bridgehead atoms. The standard InChI is InChI=1S/C12H12F2O3/c13-8-5-9(14)7-10(6-8)17-12(11(15)16)3-1-2-4-12/h5-7H,1-4H2,(H,15,16). The number of rotatable bonds is 3. The summed E-state index contributed by atoms with van der Waals surface area (Å²) in [4.78, 5) is 11.2. The Morgan fingerprint density at radius 2 is 1.71 bits per heavy atom. The second kappa shape index (κ2) is 4.31. The Morgan fingerprint density at radius 3 is 2.18 bits per heavy atom. The van der Waals surface area contributed by atoms with E-state index in [1.54, 1.807) is 0 Å². The SMILES string of the molecule is O=C(O)C1(Oc2cc(F)cc(F)c2)CCCC1. The quantitative estimate of drug-likeness (QED) is 0.886. The third-order valence-corrected chi connectivity index (χ3v) is 2.95. The number of carboxylic acids is 1. The van der Waals surface area contributed by atoms with Crippen molar-refractivity contribution in [3.05, 3.63) is 29.8 Å². The maximum atomic E-state index is 13.0. The van der Waals surface area contributed by atoms with Crippen LogP contribution in [0.25, 0.3) is 0 Å². The van der Waals surface area contributed by atoms with Gasteiger partial charge in [-0.05, 0) is 25.7 Å². The summed E-state index contributed by atoms with van der Waals surface area (Å²) in [5, 5.41) is 9.15. The van der Waals surface area contributed by atoms with Gasteiger partial charge in [-0.2, -0.15) is 0 Å². The van der Waals surface area contributed by atoms with E-state index in [-0.39, 0.29) is 5.75 Å². The van der Waals surface area contributed by atoms with Crippen LogP contribution >= 0.6 is 0 Å².